The first-order valence-electron chi connectivity index (χ1n) is 8.71. The van der Waals surface area contributed by atoms with Crippen molar-refractivity contribution in [2.24, 2.45) is 11.7 Å². The van der Waals surface area contributed by atoms with Crippen molar-refractivity contribution >= 4 is 23.8 Å². The standard InChI is InChI=1S/C15H30N10/c1-23(13(18)22-15(20)24-6-2-3-7-24)9-11-5-4-8-25(10-11)14(19)21-12(16)17/h11H,2-10H2,1H3,(H3,18,20,22)(H5,16,17,19,21). The molecule has 2 aliphatic rings. The Morgan fingerprint density at radius 1 is 1.00 bits per heavy atom. The summed E-state index contributed by atoms with van der Waals surface area (Å²) in [6.45, 7) is 3.91. The number of hydrogen-bond acceptors (Lipinski definition) is 4. The van der Waals surface area contributed by atoms with Crippen molar-refractivity contribution < 1.29 is 0 Å². The molecule has 10 heteroatoms. The van der Waals surface area contributed by atoms with Gasteiger partial charge < -0.3 is 20.4 Å². The highest BCUT2D eigenvalue weighted by Gasteiger charge is 2.24. The lowest BCUT2D eigenvalue weighted by molar-refractivity contribution is 0.223. The van der Waals surface area contributed by atoms with Crippen LogP contribution in [0.15, 0.2) is 0 Å². The minimum atomic E-state index is -0.226. The average Bonchev–Trinajstić information content (AvgIpc) is 3.09. The summed E-state index contributed by atoms with van der Waals surface area (Å²) in [5.74, 6) is 0.772. The maximum atomic E-state index is 8.17. The van der Waals surface area contributed by atoms with E-state index in [2.05, 4.69) is 10.6 Å². The van der Waals surface area contributed by atoms with Crippen molar-refractivity contribution in [2.45, 2.75) is 25.7 Å². The molecule has 0 saturated carbocycles. The molecule has 2 heterocycles. The lowest BCUT2D eigenvalue weighted by Crippen LogP contribution is -2.52. The van der Waals surface area contributed by atoms with Gasteiger partial charge in [0, 0.05) is 39.8 Å². The van der Waals surface area contributed by atoms with Gasteiger partial charge in [0.05, 0.1) is 0 Å². The van der Waals surface area contributed by atoms with Crippen molar-refractivity contribution in [2.75, 3.05) is 39.8 Å². The number of nitrogens with zero attached hydrogens (tertiary/aromatic N) is 3. The summed E-state index contributed by atoms with van der Waals surface area (Å²) in [4.78, 5) is 5.66. The molecule has 8 N–H and O–H groups in total. The quantitative estimate of drug-likeness (QED) is 0.265. The highest BCUT2D eigenvalue weighted by molar-refractivity contribution is 5.96. The molecule has 0 radical (unpaired) electrons. The first kappa shape index (κ1) is 18.8. The summed E-state index contributed by atoms with van der Waals surface area (Å²) in [5.41, 5.74) is 5.29. The number of piperidine rings is 1. The number of guanidine groups is 4. The summed E-state index contributed by atoms with van der Waals surface area (Å²) in [6.07, 6.45) is 4.20. The third-order valence-electron chi connectivity index (χ3n) is 4.66. The van der Waals surface area contributed by atoms with Crippen molar-refractivity contribution in [3.63, 3.8) is 0 Å². The first-order valence-corrected chi connectivity index (χ1v) is 8.71. The van der Waals surface area contributed by atoms with Crippen LogP contribution in [0.1, 0.15) is 25.7 Å². The number of likely N-dealkylation sites (tertiary alicyclic amines) is 2. The molecular weight excluding hydrogens is 320 g/mol. The molecule has 1 atom stereocenters. The average molecular weight is 350 g/mol. The van der Waals surface area contributed by atoms with Crippen LogP contribution in [0.3, 0.4) is 0 Å². The van der Waals surface area contributed by atoms with E-state index in [1.165, 1.54) is 0 Å². The van der Waals surface area contributed by atoms with Crippen LogP contribution in [0.2, 0.25) is 0 Å². The van der Waals surface area contributed by atoms with E-state index in [-0.39, 0.29) is 17.9 Å². The highest BCUT2D eigenvalue weighted by atomic mass is 15.4. The summed E-state index contributed by atoms with van der Waals surface area (Å²) >= 11 is 0. The fraction of sp³-hybridized carbons (Fsp3) is 0.733. The fourth-order valence-corrected chi connectivity index (χ4v) is 3.33. The summed E-state index contributed by atoms with van der Waals surface area (Å²) in [5, 5.41) is 36.8. The molecule has 0 aliphatic carbocycles. The molecule has 2 aliphatic heterocycles. The van der Waals surface area contributed by atoms with E-state index in [0.29, 0.717) is 25.0 Å². The molecule has 0 spiro atoms. The zero-order valence-corrected chi connectivity index (χ0v) is 14.9. The number of hydrogen-bond donors (Lipinski definition) is 7. The Kier molecular flexibility index (Phi) is 6.43. The van der Waals surface area contributed by atoms with Crippen LogP contribution in [0.4, 0.5) is 0 Å². The molecule has 2 saturated heterocycles. The Morgan fingerprint density at radius 3 is 2.24 bits per heavy atom. The normalized spacial score (nSPS) is 20.1. The van der Waals surface area contributed by atoms with Gasteiger partial charge in [0.1, 0.15) is 0 Å². The van der Waals surface area contributed by atoms with Crippen molar-refractivity contribution in [1.29, 1.82) is 21.6 Å². The van der Waals surface area contributed by atoms with Gasteiger partial charge in [-0.3, -0.25) is 32.3 Å². The van der Waals surface area contributed by atoms with Gasteiger partial charge in [-0.05, 0) is 31.6 Å². The topological polar surface area (TPSA) is 155 Å². The zero-order chi connectivity index (χ0) is 18.4. The van der Waals surface area contributed by atoms with Crippen LogP contribution in [-0.4, -0.2) is 78.3 Å². The highest BCUT2D eigenvalue weighted by Crippen LogP contribution is 2.17. The van der Waals surface area contributed by atoms with E-state index >= 15 is 0 Å². The maximum absolute atomic E-state index is 8.17. The third-order valence-corrected chi connectivity index (χ3v) is 4.66. The second kappa shape index (κ2) is 8.54. The lowest BCUT2D eigenvalue weighted by atomic mass is 9.98. The SMILES string of the molecule is CN(CC1CCCN(C(=N)NC(=N)N)C1)C(=N)NC(=N)N1CCCC1. The number of nitrogens with two attached hydrogens (primary N) is 1. The third kappa shape index (κ3) is 5.50. The number of rotatable bonds is 2. The maximum Gasteiger partial charge on any atom is 0.197 e. The van der Waals surface area contributed by atoms with Crippen molar-refractivity contribution in [3.8, 4) is 0 Å². The van der Waals surface area contributed by atoms with Gasteiger partial charge in [-0.2, -0.15) is 0 Å². The molecule has 0 bridgehead atoms. The van der Waals surface area contributed by atoms with Gasteiger partial charge in [0.2, 0.25) is 0 Å². The molecule has 2 fully saturated rings. The Hall–Kier alpha value is -2.52. The van der Waals surface area contributed by atoms with Crippen LogP contribution in [0, 0.1) is 27.6 Å². The van der Waals surface area contributed by atoms with E-state index in [0.717, 1.165) is 45.3 Å². The van der Waals surface area contributed by atoms with E-state index in [1.54, 1.807) is 0 Å². The summed E-state index contributed by atoms with van der Waals surface area (Å²) in [7, 11) is 1.85. The molecule has 1 unspecified atom stereocenters. The molecule has 25 heavy (non-hydrogen) atoms. The predicted octanol–water partition coefficient (Wildman–Crippen LogP) is -0.397. The predicted molar refractivity (Wildman–Crippen MR) is 99.1 cm³/mol. The van der Waals surface area contributed by atoms with Gasteiger partial charge in [-0.15, -0.1) is 0 Å². The Bertz CT molecular complexity index is 524. The van der Waals surface area contributed by atoms with Crippen LogP contribution in [-0.2, 0) is 0 Å². The second-order valence-corrected chi connectivity index (χ2v) is 6.74. The molecule has 10 nitrogen and oxygen atoms in total. The van der Waals surface area contributed by atoms with E-state index < -0.39 is 0 Å². The van der Waals surface area contributed by atoms with Crippen LogP contribution in [0.5, 0.6) is 0 Å². The largest absolute Gasteiger partial charge is 0.370 e. The van der Waals surface area contributed by atoms with Crippen LogP contribution >= 0.6 is 0 Å². The minimum absolute atomic E-state index is 0.156. The monoisotopic (exact) mass is 350 g/mol. The van der Waals surface area contributed by atoms with Gasteiger partial charge in [0.15, 0.2) is 23.8 Å². The first-order chi connectivity index (χ1) is 11.9. The fourth-order valence-electron chi connectivity index (χ4n) is 3.33. The molecule has 0 aromatic carbocycles. The van der Waals surface area contributed by atoms with Gasteiger partial charge in [-0.1, -0.05) is 0 Å². The molecule has 0 amide bonds. The zero-order valence-electron chi connectivity index (χ0n) is 14.9. The van der Waals surface area contributed by atoms with Gasteiger partial charge >= 0.3 is 0 Å². The number of nitrogens with one attached hydrogen (secondary N) is 6. The van der Waals surface area contributed by atoms with E-state index in [9.17, 15) is 0 Å². The molecule has 0 aromatic rings. The summed E-state index contributed by atoms with van der Waals surface area (Å²) in [6, 6.07) is 0. The lowest BCUT2D eigenvalue weighted by Gasteiger charge is -2.36. The second-order valence-electron chi connectivity index (χ2n) is 6.74. The van der Waals surface area contributed by atoms with E-state index in [1.807, 2.05) is 21.7 Å². The van der Waals surface area contributed by atoms with Crippen LogP contribution < -0.4 is 16.4 Å². The minimum Gasteiger partial charge on any atom is -0.370 e. The smallest absolute Gasteiger partial charge is 0.197 e. The molecular formula is C15H30N10. The molecule has 140 valence electrons. The van der Waals surface area contributed by atoms with Crippen LogP contribution in [0.25, 0.3) is 0 Å². The Balaban J connectivity index is 1.79. The van der Waals surface area contributed by atoms with Gasteiger partial charge in [0.25, 0.3) is 0 Å². The van der Waals surface area contributed by atoms with Crippen molar-refractivity contribution in [3.05, 3.63) is 0 Å². The summed E-state index contributed by atoms with van der Waals surface area (Å²) < 4.78 is 0. The molecule has 2 rings (SSSR count). The van der Waals surface area contributed by atoms with E-state index in [4.69, 9.17) is 27.4 Å². The Labute approximate surface area is 148 Å². The molecule has 0 aromatic heterocycles. The Morgan fingerprint density at radius 2 is 1.60 bits per heavy atom. The van der Waals surface area contributed by atoms with Crippen molar-refractivity contribution in [1.82, 2.24) is 25.3 Å². The van der Waals surface area contributed by atoms with Gasteiger partial charge in [-0.25, -0.2) is 0 Å².